The van der Waals surface area contributed by atoms with E-state index in [0.717, 1.165) is 17.9 Å². The van der Waals surface area contributed by atoms with Gasteiger partial charge in [0, 0.05) is 12.6 Å². The molecule has 2 nitrogen and oxygen atoms in total. The van der Waals surface area contributed by atoms with Crippen LogP contribution < -0.4 is 5.32 Å². The van der Waals surface area contributed by atoms with Crippen LogP contribution in [0.1, 0.15) is 65.7 Å². The standard InChI is InChI=1S/C17H34N2/c1-4-15(3)16(18-5-2)14-19-12-10-17(11-13-19)8-6-7-9-17/h15-16,18H,4-14H2,1-3H3. The number of likely N-dealkylation sites (N-methyl/N-ethyl adjacent to an activating group) is 1. The number of nitrogens with zero attached hydrogens (tertiary/aromatic N) is 1. The highest BCUT2D eigenvalue weighted by atomic mass is 15.2. The predicted molar refractivity (Wildman–Crippen MR) is 83.5 cm³/mol. The smallest absolute Gasteiger partial charge is 0.0220 e. The molecular weight excluding hydrogens is 232 g/mol. The van der Waals surface area contributed by atoms with Crippen LogP contribution in [0.25, 0.3) is 0 Å². The lowest BCUT2D eigenvalue weighted by Gasteiger charge is -2.41. The van der Waals surface area contributed by atoms with E-state index in [1.165, 1.54) is 64.6 Å². The summed E-state index contributed by atoms with van der Waals surface area (Å²) < 4.78 is 0. The normalized spacial score (nSPS) is 26.7. The molecule has 2 fully saturated rings. The first-order valence-corrected chi connectivity index (χ1v) is 8.65. The van der Waals surface area contributed by atoms with E-state index in [0.29, 0.717) is 6.04 Å². The fourth-order valence-electron chi connectivity index (χ4n) is 4.11. The van der Waals surface area contributed by atoms with Crippen molar-refractivity contribution < 1.29 is 0 Å². The Kier molecular flexibility index (Phi) is 5.70. The Labute approximate surface area is 120 Å². The molecule has 2 rings (SSSR count). The number of nitrogens with one attached hydrogen (secondary N) is 1. The third-order valence-electron chi connectivity index (χ3n) is 5.83. The number of hydrogen-bond acceptors (Lipinski definition) is 2. The van der Waals surface area contributed by atoms with E-state index < -0.39 is 0 Å². The zero-order valence-corrected chi connectivity index (χ0v) is 13.4. The van der Waals surface area contributed by atoms with Crippen LogP contribution in [0.2, 0.25) is 0 Å². The van der Waals surface area contributed by atoms with Gasteiger partial charge in [-0.2, -0.15) is 0 Å². The first-order valence-electron chi connectivity index (χ1n) is 8.65. The minimum atomic E-state index is 0.688. The molecule has 1 N–H and O–H groups in total. The van der Waals surface area contributed by atoms with Crippen molar-refractivity contribution >= 4 is 0 Å². The Morgan fingerprint density at radius 3 is 2.21 bits per heavy atom. The highest BCUT2D eigenvalue weighted by Crippen LogP contribution is 2.46. The molecule has 1 aliphatic carbocycles. The molecule has 2 unspecified atom stereocenters. The zero-order valence-electron chi connectivity index (χ0n) is 13.4. The Morgan fingerprint density at radius 1 is 1.05 bits per heavy atom. The molecule has 0 bridgehead atoms. The third-order valence-corrected chi connectivity index (χ3v) is 5.83. The second-order valence-electron chi connectivity index (χ2n) is 7.06. The van der Waals surface area contributed by atoms with E-state index >= 15 is 0 Å². The quantitative estimate of drug-likeness (QED) is 0.789. The van der Waals surface area contributed by atoms with Crippen LogP contribution in [-0.2, 0) is 0 Å². The molecule has 0 aromatic heterocycles. The average molecular weight is 266 g/mol. The Balaban J connectivity index is 1.79. The summed E-state index contributed by atoms with van der Waals surface area (Å²) in [6.07, 6.45) is 10.2. The topological polar surface area (TPSA) is 15.3 Å². The summed E-state index contributed by atoms with van der Waals surface area (Å²) in [7, 11) is 0. The molecule has 2 atom stereocenters. The second-order valence-corrected chi connectivity index (χ2v) is 7.06. The highest BCUT2D eigenvalue weighted by molar-refractivity contribution is 4.90. The molecule has 1 saturated carbocycles. The maximum Gasteiger partial charge on any atom is 0.0220 e. The van der Waals surface area contributed by atoms with Crippen LogP contribution in [0.3, 0.4) is 0 Å². The van der Waals surface area contributed by atoms with Crippen molar-refractivity contribution in [2.75, 3.05) is 26.2 Å². The molecule has 1 spiro atoms. The summed E-state index contributed by atoms with van der Waals surface area (Å²) in [4.78, 5) is 2.73. The van der Waals surface area contributed by atoms with Gasteiger partial charge in [-0.25, -0.2) is 0 Å². The molecule has 1 heterocycles. The van der Waals surface area contributed by atoms with E-state index in [9.17, 15) is 0 Å². The zero-order chi connectivity index (χ0) is 13.7. The van der Waals surface area contributed by atoms with Gasteiger partial charge in [0.1, 0.15) is 0 Å². The van der Waals surface area contributed by atoms with Crippen LogP contribution in [0, 0.1) is 11.3 Å². The lowest BCUT2D eigenvalue weighted by molar-refractivity contribution is 0.0940. The van der Waals surface area contributed by atoms with Crippen molar-refractivity contribution in [2.24, 2.45) is 11.3 Å². The molecule has 0 aromatic carbocycles. The van der Waals surface area contributed by atoms with Crippen LogP contribution in [-0.4, -0.2) is 37.1 Å². The lowest BCUT2D eigenvalue weighted by atomic mass is 9.77. The van der Waals surface area contributed by atoms with Gasteiger partial charge in [0.15, 0.2) is 0 Å². The third kappa shape index (κ3) is 3.95. The predicted octanol–water partition coefficient (Wildman–Crippen LogP) is 3.67. The first-order chi connectivity index (χ1) is 9.19. The Hall–Kier alpha value is -0.0800. The molecule has 0 radical (unpaired) electrons. The maximum absolute atomic E-state index is 3.70. The molecule has 2 aliphatic rings. The molecule has 1 aliphatic heterocycles. The van der Waals surface area contributed by atoms with E-state index in [2.05, 4.69) is 31.0 Å². The molecule has 112 valence electrons. The summed E-state index contributed by atoms with van der Waals surface area (Å²) in [5.41, 5.74) is 0.764. The Bertz CT molecular complexity index is 248. The van der Waals surface area contributed by atoms with Gasteiger partial charge in [-0.1, -0.05) is 40.0 Å². The van der Waals surface area contributed by atoms with Gasteiger partial charge < -0.3 is 10.2 Å². The van der Waals surface area contributed by atoms with Gasteiger partial charge in [-0.15, -0.1) is 0 Å². The molecule has 0 amide bonds. The van der Waals surface area contributed by atoms with Crippen LogP contribution in [0.15, 0.2) is 0 Å². The average Bonchev–Trinajstić information content (AvgIpc) is 2.88. The summed E-state index contributed by atoms with van der Waals surface area (Å²) in [6.45, 7) is 12.0. The Morgan fingerprint density at radius 2 is 1.68 bits per heavy atom. The molecule has 2 heteroatoms. The first kappa shape index (κ1) is 15.3. The fourth-order valence-corrected chi connectivity index (χ4v) is 4.11. The largest absolute Gasteiger partial charge is 0.313 e. The van der Waals surface area contributed by atoms with Crippen molar-refractivity contribution in [3.8, 4) is 0 Å². The van der Waals surface area contributed by atoms with Gasteiger partial charge in [-0.3, -0.25) is 0 Å². The fraction of sp³-hybridized carbons (Fsp3) is 1.00. The highest BCUT2D eigenvalue weighted by Gasteiger charge is 2.37. The van der Waals surface area contributed by atoms with E-state index in [1.807, 2.05) is 0 Å². The second kappa shape index (κ2) is 7.08. The van der Waals surface area contributed by atoms with Gasteiger partial charge in [-0.05, 0) is 56.7 Å². The van der Waals surface area contributed by atoms with Crippen LogP contribution >= 0.6 is 0 Å². The van der Waals surface area contributed by atoms with Crippen molar-refractivity contribution in [2.45, 2.75) is 71.8 Å². The summed E-state index contributed by atoms with van der Waals surface area (Å²) in [5, 5.41) is 3.70. The van der Waals surface area contributed by atoms with Gasteiger partial charge in [0.2, 0.25) is 0 Å². The van der Waals surface area contributed by atoms with Gasteiger partial charge >= 0.3 is 0 Å². The van der Waals surface area contributed by atoms with Crippen LogP contribution in [0.4, 0.5) is 0 Å². The molecule has 0 aromatic rings. The van der Waals surface area contributed by atoms with Crippen molar-refractivity contribution in [3.05, 3.63) is 0 Å². The number of hydrogen-bond donors (Lipinski definition) is 1. The van der Waals surface area contributed by atoms with E-state index in [4.69, 9.17) is 0 Å². The van der Waals surface area contributed by atoms with E-state index in [1.54, 1.807) is 0 Å². The van der Waals surface area contributed by atoms with Crippen molar-refractivity contribution in [3.63, 3.8) is 0 Å². The summed E-state index contributed by atoms with van der Waals surface area (Å²) >= 11 is 0. The van der Waals surface area contributed by atoms with Gasteiger partial charge in [0.25, 0.3) is 0 Å². The minimum absolute atomic E-state index is 0.688. The summed E-state index contributed by atoms with van der Waals surface area (Å²) in [6, 6.07) is 0.688. The monoisotopic (exact) mass is 266 g/mol. The molecule has 1 saturated heterocycles. The van der Waals surface area contributed by atoms with Crippen molar-refractivity contribution in [1.29, 1.82) is 0 Å². The number of piperidine rings is 1. The minimum Gasteiger partial charge on any atom is -0.313 e. The number of likely N-dealkylation sites (tertiary alicyclic amines) is 1. The van der Waals surface area contributed by atoms with E-state index in [-0.39, 0.29) is 0 Å². The molecular formula is C17H34N2. The number of rotatable bonds is 6. The van der Waals surface area contributed by atoms with Crippen LogP contribution in [0.5, 0.6) is 0 Å². The molecule has 19 heavy (non-hydrogen) atoms. The summed E-state index contributed by atoms with van der Waals surface area (Å²) in [5.74, 6) is 0.794. The maximum atomic E-state index is 3.70. The lowest BCUT2D eigenvalue weighted by Crippen LogP contribution is -2.48. The van der Waals surface area contributed by atoms with Gasteiger partial charge in [0.05, 0.1) is 0 Å². The SMILES string of the molecule is CCNC(CN1CCC2(CCCC2)CC1)C(C)CC. The van der Waals surface area contributed by atoms with Crippen molar-refractivity contribution in [1.82, 2.24) is 10.2 Å².